The van der Waals surface area contributed by atoms with Crippen molar-refractivity contribution in [3.05, 3.63) is 48.0 Å². The molecule has 0 bridgehead atoms. The zero-order valence-corrected chi connectivity index (χ0v) is 16.2. The molecule has 2 aromatic rings. The normalized spacial score (nSPS) is 12.4. The van der Waals surface area contributed by atoms with Gasteiger partial charge in [-0.05, 0) is 30.3 Å². The summed E-state index contributed by atoms with van der Waals surface area (Å²) in [4.78, 5) is 19.0. The summed E-state index contributed by atoms with van der Waals surface area (Å²) in [5.74, 6) is 2.05. The van der Waals surface area contributed by atoms with Crippen molar-refractivity contribution in [1.29, 1.82) is 0 Å². The molecule has 2 aromatic carbocycles. The molecule has 0 aromatic heterocycles. The fourth-order valence-corrected chi connectivity index (χ4v) is 2.71. The van der Waals surface area contributed by atoms with Gasteiger partial charge in [-0.1, -0.05) is 26.0 Å². The molecule has 0 spiro atoms. The number of para-hydroxylation sites is 2. The minimum atomic E-state index is -0.0955. The number of hydrogen-bond donors (Lipinski definition) is 1. The highest BCUT2D eigenvalue weighted by Crippen LogP contribution is 2.38. The molecule has 6 nitrogen and oxygen atoms in total. The van der Waals surface area contributed by atoms with E-state index in [2.05, 4.69) is 5.32 Å². The SMILES string of the molecule is COCCN(C)C1=Nc2ccccc2Oc2ccc(NC(=O)C(C)C)cc21. The second-order valence-electron chi connectivity index (χ2n) is 6.77. The van der Waals surface area contributed by atoms with E-state index in [1.807, 2.05) is 68.3 Å². The fourth-order valence-electron chi connectivity index (χ4n) is 2.71. The summed E-state index contributed by atoms with van der Waals surface area (Å²) in [6, 6.07) is 13.3. The van der Waals surface area contributed by atoms with Crippen molar-refractivity contribution in [3.63, 3.8) is 0 Å². The number of likely N-dealkylation sites (N-methyl/N-ethyl adjacent to an activating group) is 1. The van der Waals surface area contributed by atoms with Crippen LogP contribution in [-0.2, 0) is 9.53 Å². The van der Waals surface area contributed by atoms with Gasteiger partial charge < -0.3 is 19.7 Å². The number of benzene rings is 2. The summed E-state index contributed by atoms with van der Waals surface area (Å²) in [5, 5.41) is 2.94. The van der Waals surface area contributed by atoms with Crippen LogP contribution in [0.2, 0.25) is 0 Å². The Morgan fingerprint density at radius 3 is 2.74 bits per heavy atom. The Hall–Kier alpha value is -2.86. The number of amidine groups is 1. The number of hydrogen-bond acceptors (Lipinski definition) is 5. The van der Waals surface area contributed by atoms with Crippen LogP contribution < -0.4 is 10.1 Å². The largest absolute Gasteiger partial charge is 0.454 e. The lowest BCUT2D eigenvalue weighted by atomic mass is 10.1. The lowest BCUT2D eigenvalue weighted by Gasteiger charge is -2.22. The smallest absolute Gasteiger partial charge is 0.226 e. The van der Waals surface area contributed by atoms with Crippen LogP contribution in [0.25, 0.3) is 0 Å². The third kappa shape index (κ3) is 4.28. The molecule has 1 amide bonds. The van der Waals surface area contributed by atoms with Crippen LogP contribution in [0, 0.1) is 5.92 Å². The molecular formula is C21H25N3O3. The van der Waals surface area contributed by atoms with Crippen LogP contribution >= 0.6 is 0 Å². The third-order valence-electron chi connectivity index (χ3n) is 4.32. The van der Waals surface area contributed by atoms with Crippen LogP contribution in [0.4, 0.5) is 11.4 Å². The van der Waals surface area contributed by atoms with Crippen molar-refractivity contribution < 1.29 is 14.3 Å². The van der Waals surface area contributed by atoms with Crippen LogP contribution in [0.15, 0.2) is 47.5 Å². The maximum atomic E-state index is 12.1. The molecule has 1 aliphatic rings. The van der Waals surface area contributed by atoms with E-state index in [-0.39, 0.29) is 11.8 Å². The molecule has 0 radical (unpaired) electrons. The van der Waals surface area contributed by atoms with Gasteiger partial charge in [-0.3, -0.25) is 4.79 Å². The number of fused-ring (bicyclic) bond motifs is 2. The average molecular weight is 367 g/mol. The Morgan fingerprint density at radius 2 is 2.00 bits per heavy atom. The number of rotatable bonds is 5. The molecule has 3 rings (SSSR count). The van der Waals surface area contributed by atoms with Crippen molar-refractivity contribution in [2.75, 3.05) is 32.6 Å². The summed E-state index contributed by atoms with van der Waals surface area (Å²) in [5.41, 5.74) is 2.31. The van der Waals surface area contributed by atoms with E-state index in [1.54, 1.807) is 7.11 Å². The summed E-state index contributed by atoms with van der Waals surface area (Å²) in [7, 11) is 3.64. The zero-order valence-electron chi connectivity index (χ0n) is 16.2. The van der Waals surface area contributed by atoms with Crippen molar-refractivity contribution in [1.82, 2.24) is 4.90 Å². The topological polar surface area (TPSA) is 63.2 Å². The van der Waals surface area contributed by atoms with Crippen LogP contribution in [0.3, 0.4) is 0 Å². The van der Waals surface area contributed by atoms with Gasteiger partial charge in [-0.25, -0.2) is 4.99 Å². The second-order valence-corrected chi connectivity index (χ2v) is 6.77. The summed E-state index contributed by atoms with van der Waals surface area (Å²) in [6.45, 7) is 4.99. The van der Waals surface area contributed by atoms with E-state index >= 15 is 0 Å². The number of nitrogens with one attached hydrogen (secondary N) is 1. The van der Waals surface area contributed by atoms with Crippen molar-refractivity contribution in [2.45, 2.75) is 13.8 Å². The molecule has 1 aliphatic heterocycles. The van der Waals surface area contributed by atoms with Gasteiger partial charge in [-0.15, -0.1) is 0 Å². The van der Waals surface area contributed by atoms with Gasteiger partial charge in [0.1, 0.15) is 17.3 Å². The molecule has 1 N–H and O–H groups in total. The Bertz CT molecular complexity index is 862. The Balaban J connectivity index is 2.04. The number of aliphatic imine (C=N–C) groups is 1. The molecule has 0 saturated carbocycles. The van der Waals surface area contributed by atoms with Gasteiger partial charge in [-0.2, -0.15) is 0 Å². The van der Waals surface area contributed by atoms with Gasteiger partial charge in [0.2, 0.25) is 5.91 Å². The molecule has 0 unspecified atom stereocenters. The molecule has 0 aliphatic carbocycles. The van der Waals surface area contributed by atoms with Crippen molar-refractivity contribution in [3.8, 4) is 11.5 Å². The zero-order chi connectivity index (χ0) is 19.4. The molecule has 6 heteroatoms. The molecule has 0 fully saturated rings. The number of anilines is 1. The molecule has 142 valence electrons. The first kappa shape index (κ1) is 18.9. The van der Waals surface area contributed by atoms with Gasteiger partial charge >= 0.3 is 0 Å². The van der Waals surface area contributed by atoms with E-state index in [1.165, 1.54) is 0 Å². The number of carbonyl (C=O) groups is 1. The Labute approximate surface area is 159 Å². The predicted octanol–water partition coefficient (Wildman–Crippen LogP) is 4.04. The standard InChI is InChI=1S/C21H25N3O3/c1-14(2)21(25)22-15-9-10-18-16(13-15)20(24(3)11-12-26-4)23-17-7-5-6-8-19(17)27-18/h5-10,13-14H,11-12H2,1-4H3,(H,22,25). The van der Waals surface area contributed by atoms with E-state index in [4.69, 9.17) is 14.5 Å². The first-order valence-electron chi connectivity index (χ1n) is 9.00. The summed E-state index contributed by atoms with van der Waals surface area (Å²) in [6.07, 6.45) is 0. The quantitative estimate of drug-likeness (QED) is 0.866. The second kappa shape index (κ2) is 8.22. The number of nitrogens with zero attached hydrogens (tertiary/aromatic N) is 2. The van der Waals surface area contributed by atoms with Gasteiger partial charge in [0.25, 0.3) is 0 Å². The van der Waals surface area contributed by atoms with Gasteiger partial charge in [0, 0.05) is 32.3 Å². The van der Waals surface area contributed by atoms with Crippen molar-refractivity contribution >= 4 is 23.1 Å². The minimum Gasteiger partial charge on any atom is -0.454 e. The first-order valence-corrected chi connectivity index (χ1v) is 9.00. The van der Waals surface area contributed by atoms with Gasteiger partial charge in [0.15, 0.2) is 5.75 Å². The van der Waals surface area contributed by atoms with Crippen molar-refractivity contribution in [2.24, 2.45) is 10.9 Å². The summed E-state index contributed by atoms with van der Waals surface area (Å²) >= 11 is 0. The highest BCUT2D eigenvalue weighted by molar-refractivity contribution is 6.05. The highest BCUT2D eigenvalue weighted by Gasteiger charge is 2.22. The molecule has 1 heterocycles. The number of amides is 1. The summed E-state index contributed by atoms with van der Waals surface area (Å²) < 4.78 is 11.3. The molecule has 0 saturated heterocycles. The van der Waals surface area contributed by atoms with Crippen LogP contribution in [-0.4, -0.2) is 44.0 Å². The average Bonchev–Trinajstić information content (AvgIpc) is 2.82. The lowest BCUT2D eigenvalue weighted by Crippen LogP contribution is -2.30. The lowest BCUT2D eigenvalue weighted by molar-refractivity contribution is -0.118. The minimum absolute atomic E-state index is 0.0287. The van der Waals surface area contributed by atoms with E-state index in [9.17, 15) is 4.79 Å². The molecular weight excluding hydrogens is 342 g/mol. The van der Waals surface area contributed by atoms with Crippen LogP contribution in [0.1, 0.15) is 19.4 Å². The molecule has 27 heavy (non-hydrogen) atoms. The van der Waals surface area contributed by atoms with E-state index in [0.29, 0.717) is 24.7 Å². The highest BCUT2D eigenvalue weighted by atomic mass is 16.5. The maximum absolute atomic E-state index is 12.1. The van der Waals surface area contributed by atoms with E-state index < -0.39 is 0 Å². The third-order valence-corrected chi connectivity index (χ3v) is 4.32. The number of carbonyl (C=O) groups excluding carboxylic acids is 1. The fraction of sp³-hybridized carbons (Fsp3) is 0.333. The molecule has 0 atom stereocenters. The monoisotopic (exact) mass is 367 g/mol. The van der Waals surface area contributed by atoms with E-state index in [0.717, 1.165) is 22.8 Å². The van der Waals surface area contributed by atoms with Gasteiger partial charge in [0.05, 0.1) is 12.2 Å². The van der Waals surface area contributed by atoms with Crippen LogP contribution in [0.5, 0.6) is 11.5 Å². The first-order chi connectivity index (χ1) is 13.0. The Kier molecular flexibility index (Phi) is 5.76. The number of ether oxygens (including phenoxy) is 2. The predicted molar refractivity (Wildman–Crippen MR) is 107 cm³/mol. The Morgan fingerprint density at radius 1 is 1.22 bits per heavy atom. The number of methoxy groups -OCH3 is 1. The maximum Gasteiger partial charge on any atom is 0.226 e.